The first kappa shape index (κ1) is 39.7. The number of hydrogen-bond donors (Lipinski definition) is 8. The van der Waals surface area contributed by atoms with Gasteiger partial charge in [-0.1, -0.05) is 54.6 Å². The lowest BCUT2D eigenvalue weighted by molar-refractivity contribution is -0.288. The van der Waals surface area contributed by atoms with Gasteiger partial charge in [0.2, 0.25) is 5.41 Å². The predicted molar refractivity (Wildman–Crippen MR) is 194 cm³/mol. The Labute approximate surface area is 309 Å². The molecule has 0 spiro atoms. The number of phenols is 3. The van der Waals surface area contributed by atoms with Crippen LogP contribution in [0, 0.1) is 0 Å². The number of rotatable bonds is 7. The summed E-state index contributed by atoms with van der Waals surface area (Å²) < 4.78 is 97.6. The molecule has 0 heterocycles. The Morgan fingerprint density at radius 3 is 1.42 bits per heavy atom. The van der Waals surface area contributed by atoms with Crippen LogP contribution >= 0.6 is 0 Å². The largest absolute Gasteiger partial charge is 0.506 e. The summed E-state index contributed by atoms with van der Waals surface area (Å²) >= 11 is 0. The number of allylic oxidation sites excluding steroid dienone is 2. The molecule has 0 bridgehead atoms. The van der Waals surface area contributed by atoms with Crippen molar-refractivity contribution in [2.75, 3.05) is 17.2 Å². The average Bonchev–Trinajstić information content (AvgIpc) is 3.10. The van der Waals surface area contributed by atoms with Gasteiger partial charge in [0.05, 0.1) is 17.1 Å². The quantitative estimate of drug-likeness (QED) is 0.0345. The zero-order valence-electron chi connectivity index (χ0n) is 28.4. The summed E-state index contributed by atoms with van der Waals surface area (Å²) in [5, 5.41) is 38.8. The van der Waals surface area contributed by atoms with Crippen molar-refractivity contribution in [2.45, 2.75) is 29.9 Å². The van der Waals surface area contributed by atoms with Gasteiger partial charge in [-0.15, -0.1) is 0 Å². The lowest BCUT2D eigenvalue weighted by Crippen LogP contribution is -2.54. The number of aliphatic hydroxyl groups is 1. The standard InChI is InChI=1S/C27H20F6N2O4.C12H14N2O2/c28-26(29,30)25(27(31,32)33,15-1-5-17(6-2-15)38-19-9-11-23(36)21(34)13-19)16-3-7-18(8-4-16)39-20-10-12-24(37)22(35)14-20;13-10-6-3-4-8(11(10)15)9-5-1-2-7-12(9,14)16/h1-14,36-37H,34-35H2;1-6,15-16H,7,13-14H2. The highest BCUT2D eigenvalue weighted by Crippen LogP contribution is 2.56. The Balaban J connectivity index is 0.000000301. The molecule has 0 aromatic heterocycles. The zero-order valence-corrected chi connectivity index (χ0v) is 28.4. The molecule has 0 saturated carbocycles. The molecule has 16 heteroatoms. The van der Waals surface area contributed by atoms with Crippen LogP contribution in [0.25, 0.3) is 5.57 Å². The van der Waals surface area contributed by atoms with Crippen LogP contribution in [-0.2, 0) is 5.41 Å². The lowest BCUT2D eigenvalue weighted by Gasteiger charge is -2.38. The summed E-state index contributed by atoms with van der Waals surface area (Å²) in [6.45, 7) is 0. The number of phenolic OH excluding ortho intramolecular Hbond substituents is 3. The molecule has 6 rings (SSSR count). The first-order chi connectivity index (χ1) is 25.7. The Bertz CT molecular complexity index is 2110. The van der Waals surface area contributed by atoms with E-state index in [2.05, 4.69) is 0 Å². The maximum atomic E-state index is 14.4. The molecule has 1 atom stereocenters. The monoisotopic (exact) mass is 768 g/mol. The van der Waals surface area contributed by atoms with Crippen molar-refractivity contribution in [3.05, 3.63) is 138 Å². The van der Waals surface area contributed by atoms with Gasteiger partial charge < -0.3 is 47.1 Å². The van der Waals surface area contributed by atoms with Crippen molar-refractivity contribution in [1.29, 1.82) is 0 Å². The summed E-state index contributed by atoms with van der Waals surface area (Å²) in [7, 11) is 0. The highest BCUT2D eigenvalue weighted by Gasteiger charge is 2.72. The smallest absolute Gasteiger partial charge is 0.411 e. The number of alkyl halides is 6. The normalized spacial score (nSPS) is 15.7. The number of aromatic hydroxyl groups is 3. The minimum atomic E-state index is -5.78. The SMILES string of the molecule is Nc1cc(Oc2ccc(C(c3ccc(Oc4ccc(O)c(N)c4)cc3)(C(F)(F)F)C(F)(F)F)cc2)ccc1O.Nc1cccc(C2=CC=CCC2(N)O)c1O. The van der Waals surface area contributed by atoms with Crippen LogP contribution in [0.1, 0.15) is 23.1 Å². The number of ether oxygens (including phenoxy) is 2. The van der Waals surface area contributed by atoms with Crippen molar-refractivity contribution >= 4 is 22.6 Å². The highest BCUT2D eigenvalue weighted by molar-refractivity contribution is 5.81. The van der Waals surface area contributed by atoms with Crippen molar-refractivity contribution in [3.63, 3.8) is 0 Å². The first-order valence-corrected chi connectivity index (χ1v) is 16.1. The molecule has 1 aliphatic rings. The predicted octanol–water partition coefficient (Wildman–Crippen LogP) is 8.22. The minimum Gasteiger partial charge on any atom is -0.506 e. The molecule has 10 nitrogen and oxygen atoms in total. The van der Waals surface area contributed by atoms with E-state index in [4.69, 9.17) is 32.4 Å². The molecule has 5 aromatic rings. The Kier molecular flexibility index (Phi) is 10.9. The van der Waals surface area contributed by atoms with Crippen LogP contribution in [0.5, 0.6) is 40.2 Å². The molecule has 1 aliphatic carbocycles. The maximum Gasteiger partial charge on any atom is 0.411 e. The van der Waals surface area contributed by atoms with E-state index in [9.17, 15) is 46.8 Å². The van der Waals surface area contributed by atoms with Gasteiger partial charge in [-0.3, -0.25) is 5.73 Å². The molecule has 12 N–H and O–H groups in total. The van der Waals surface area contributed by atoms with Gasteiger partial charge in [0.25, 0.3) is 0 Å². The van der Waals surface area contributed by atoms with Crippen molar-refractivity contribution in [3.8, 4) is 40.2 Å². The Morgan fingerprint density at radius 1 is 0.582 bits per heavy atom. The fourth-order valence-corrected chi connectivity index (χ4v) is 5.76. The zero-order chi connectivity index (χ0) is 40.3. The van der Waals surface area contributed by atoms with Gasteiger partial charge in [-0.2, -0.15) is 26.3 Å². The second kappa shape index (κ2) is 15.1. The Hall–Kier alpha value is -6.52. The lowest BCUT2D eigenvalue weighted by atomic mass is 9.73. The van der Waals surface area contributed by atoms with E-state index in [1.807, 2.05) is 0 Å². The Morgan fingerprint density at radius 2 is 1.02 bits per heavy atom. The van der Waals surface area contributed by atoms with E-state index in [1.165, 1.54) is 36.4 Å². The van der Waals surface area contributed by atoms with E-state index in [0.29, 0.717) is 41.8 Å². The second-order valence-corrected chi connectivity index (χ2v) is 12.3. The molecule has 1 unspecified atom stereocenters. The first-order valence-electron chi connectivity index (χ1n) is 16.1. The van der Waals surface area contributed by atoms with E-state index in [-0.39, 0.29) is 57.3 Å². The average molecular weight is 769 g/mol. The molecule has 0 radical (unpaired) electrons. The molecule has 55 heavy (non-hydrogen) atoms. The van der Waals surface area contributed by atoms with Gasteiger partial charge in [0, 0.05) is 29.7 Å². The highest BCUT2D eigenvalue weighted by atomic mass is 19.4. The third kappa shape index (κ3) is 8.19. The van der Waals surface area contributed by atoms with Gasteiger partial charge in [-0.05, 0) is 65.7 Å². The van der Waals surface area contributed by atoms with E-state index >= 15 is 0 Å². The maximum absolute atomic E-state index is 14.4. The number of hydrogen-bond acceptors (Lipinski definition) is 10. The van der Waals surface area contributed by atoms with Crippen LogP contribution in [0.3, 0.4) is 0 Å². The number of nitrogens with two attached hydrogens (primary N) is 4. The van der Waals surface area contributed by atoms with E-state index < -0.39 is 34.6 Å². The fourth-order valence-electron chi connectivity index (χ4n) is 5.76. The molecule has 0 amide bonds. The van der Waals surface area contributed by atoms with Gasteiger partial charge in [-0.25, -0.2) is 0 Å². The third-order valence-corrected chi connectivity index (χ3v) is 8.55. The van der Waals surface area contributed by atoms with Crippen LogP contribution in [0.15, 0.2) is 121 Å². The molecule has 5 aromatic carbocycles. The second-order valence-electron chi connectivity index (χ2n) is 12.3. The van der Waals surface area contributed by atoms with Gasteiger partial charge >= 0.3 is 12.4 Å². The molecule has 288 valence electrons. The minimum absolute atomic E-state index is 0.0291. The summed E-state index contributed by atoms with van der Waals surface area (Å²) in [6, 6.07) is 19.2. The van der Waals surface area contributed by atoms with Crippen LogP contribution in [-0.4, -0.2) is 38.5 Å². The number of anilines is 3. The summed E-state index contributed by atoms with van der Waals surface area (Å²) in [5.74, 6) is -0.377. The third-order valence-electron chi connectivity index (χ3n) is 8.55. The van der Waals surface area contributed by atoms with Crippen LogP contribution < -0.4 is 32.4 Å². The number of nitrogen functional groups attached to an aromatic ring is 3. The van der Waals surface area contributed by atoms with Crippen molar-refractivity contribution in [1.82, 2.24) is 0 Å². The summed E-state index contributed by atoms with van der Waals surface area (Å²) in [4.78, 5) is 0. The number of benzene rings is 5. The number of para-hydroxylation sites is 1. The van der Waals surface area contributed by atoms with Gasteiger partial charge in [0.1, 0.15) is 46.0 Å². The number of halogens is 6. The van der Waals surface area contributed by atoms with Crippen molar-refractivity contribution < 1.29 is 56.2 Å². The molecule has 0 saturated heterocycles. The van der Waals surface area contributed by atoms with E-state index in [0.717, 1.165) is 24.3 Å². The van der Waals surface area contributed by atoms with Gasteiger partial charge in [0.15, 0.2) is 0 Å². The topological polar surface area (TPSA) is 203 Å². The van der Waals surface area contributed by atoms with Crippen LogP contribution in [0.2, 0.25) is 0 Å². The summed E-state index contributed by atoms with van der Waals surface area (Å²) in [6.07, 6.45) is -6.02. The molecule has 0 fully saturated rings. The molecule has 0 aliphatic heterocycles. The van der Waals surface area contributed by atoms with E-state index in [1.54, 1.807) is 36.4 Å². The summed E-state index contributed by atoms with van der Waals surface area (Å²) in [5.41, 5.74) is 15.7. The molecular formula is C39H34F6N4O6. The van der Waals surface area contributed by atoms with Crippen LogP contribution in [0.4, 0.5) is 43.4 Å². The fraction of sp³-hybridized carbons (Fsp3) is 0.128. The van der Waals surface area contributed by atoms with Crippen molar-refractivity contribution in [2.24, 2.45) is 5.73 Å². The molecular weight excluding hydrogens is 734 g/mol.